The first-order valence-corrected chi connectivity index (χ1v) is 6.27. The third kappa shape index (κ3) is 3.23. The van der Waals surface area contributed by atoms with Gasteiger partial charge >= 0.3 is 0 Å². The first-order chi connectivity index (χ1) is 9.10. The summed E-state index contributed by atoms with van der Waals surface area (Å²) in [6.07, 6.45) is 1.54. The van der Waals surface area contributed by atoms with E-state index >= 15 is 0 Å². The molecule has 0 radical (unpaired) electrons. The molecule has 19 heavy (non-hydrogen) atoms. The number of hydrogen-bond acceptors (Lipinski definition) is 4. The van der Waals surface area contributed by atoms with Gasteiger partial charge in [-0.3, -0.25) is 0 Å². The lowest BCUT2D eigenvalue weighted by atomic mass is 10.2. The third-order valence-corrected chi connectivity index (χ3v) is 2.98. The smallest absolute Gasteiger partial charge is 0.219 e. The Morgan fingerprint density at radius 2 is 2.16 bits per heavy atom. The van der Waals surface area contributed by atoms with Crippen LogP contribution in [0.15, 0.2) is 46.2 Å². The molecule has 0 atom stereocenters. The first-order valence-electron chi connectivity index (χ1n) is 5.48. The molecular weight excluding hydrogens is 310 g/mol. The zero-order chi connectivity index (χ0) is 13.8. The topological polar surface area (TPSA) is 80.7 Å². The minimum atomic E-state index is 0.0137. The lowest BCUT2D eigenvalue weighted by Gasteiger charge is -2.08. The fraction of sp³-hybridized carbons (Fsp3) is 0.0769. The van der Waals surface area contributed by atoms with E-state index in [4.69, 9.17) is 15.7 Å². The van der Waals surface area contributed by atoms with E-state index in [1.54, 1.807) is 12.1 Å². The summed E-state index contributed by atoms with van der Waals surface area (Å²) in [6.45, 7) is 1.94. The Morgan fingerprint density at radius 3 is 2.84 bits per heavy atom. The van der Waals surface area contributed by atoms with Crippen molar-refractivity contribution in [1.29, 1.82) is 0 Å². The highest BCUT2D eigenvalue weighted by Crippen LogP contribution is 2.26. The number of aromatic nitrogens is 1. The van der Waals surface area contributed by atoms with Crippen LogP contribution in [-0.2, 0) is 0 Å². The van der Waals surface area contributed by atoms with E-state index in [1.807, 2.05) is 25.1 Å². The van der Waals surface area contributed by atoms with Crippen molar-refractivity contribution in [2.24, 2.45) is 10.9 Å². The Labute approximate surface area is 118 Å². The van der Waals surface area contributed by atoms with E-state index in [-0.39, 0.29) is 5.84 Å². The maximum absolute atomic E-state index is 8.64. The number of aryl methyl sites for hydroxylation is 1. The molecule has 0 saturated heterocycles. The average molecular weight is 322 g/mol. The second-order valence-electron chi connectivity index (χ2n) is 3.88. The molecule has 0 aliphatic heterocycles. The molecule has 0 spiro atoms. The maximum Gasteiger partial charge on any atom is 0.219 e. The zero-order valence-electron chi connectivity index (χ0n) is 10.2. The molecule has 98 valence electrons. The van der Waals surface area contributed by atoms with Gasteiger partial charge in [0.2, 0.25) is 5.88 Å². The van der Waals surface area contributed by atoms with Gasteiger partial charge in [0.05, 0.1) is 0 Å². The van der Waals surface area contributed by atoms with E-state index in [1.165, 1.54) is 6.20 Å². The Hall–Kier alpha value is -2.08. The standard InChI is InChI=1S/C13H12BrN3O2/c1-8-6-10(14)2-3-11(8)19-12-7-9(4-5-16-12)13(15)17-18/h2-7,18H,1H3,(H2,15,17). The summed E-state index contributed by atoms with van der Waals surface area (Å²) >= 11 is 3.39. The van der Waals surface area contributed by atoms with Crippen LogP contribution in [0.1, 0.15) is 11.1 Å². The molecule has 0 saturated carbocycles. The third-order valence-electron chi connectivity index (χ3n) is 2.49. The van der Waals surface area contributed by atoms with Crippen molar-refractivity contribution in [2.75, 3.05) is 0 Å². The molecule has 6 heteroatoms. The van der Waals surface area contributed by atoms with E-state index in [0.717, 1.165) is 10.0 Å². The van der Waals surface area contributed by atoms with Crippen LogP contribution >= 0.6 is 15.9 Å². The molecule has 1 aromatic heterocycles. The van der Waals surface area contributed by atoms with Crippen LogP contribution in [0.2, 0.25) is 0 Å². The van der Waals surface area contributed by atoms with Gasteiger partial charge in [0.15, 0.2) is 5.84 Å². The molecule has 5 nitrogen and oxygen atoms in total. The molecule has 0 fully saturated rings. The van der Waals surface area contributed by atoms with Gasteiger partial charge in [-0.1, -0.05) is 21.1 Å². The van der Waals surface area contributed by atoms with Crippen molar-refractivity contribution in [3.8, 4) is 11.6 Å². The monoisotopic (exact) mass is 321 g/mol. The number of hydrogen-bond donors (Lipinski definition) is 2. The minimum absolute atomic E-state index is 0.0137. The number of ether oxygens (including phenoxy) is 1. The number of nitrogens with zero attached hydrogens (tertiary/aromatic N) is 2. The Bertz CT molecular complexity index is 629. The quantitative estimate of drug-likeness (QED) is 0.394. The fourth-order valence-corrected chi connectivity index (χ4v) is 2.00. The van der Waals surface area contributed by atoms with E-state index < -0.39 is 0 Å². The van der Waals surface area contributed by atoms with Crippen molar-refractivity contribution in [1.82, 2.24) is 4.98 Å². The number of halogens is 1. The van der Waals surface area contributed by atoms with Crippen LogP contribution in [0.3, 0.4) is 0 Å². The normalized spacial score (nSPS) is 11.4. The van der Waals surface area contributed by atoms with Gasteiger partial charge in [-0.25, -0.2) is 4.98 Å². The molecule has 2 rings (SSSR count). The van der Waals surface area contributed by atoms with Gasteiger partial charge < -0.3 is 15.7 Å². The molecule has 1 aromatic carbocycles. The Morgan fingerprint density at radius 1 is 1.37 bits per heavy atom. The second kappa shape index (κ2) is 5.71. The van der Waals surface area contributed by atoms with Gasteiger partial charge in [-0.05, 0) is 36.8 Å². The largest absolute Gasteiger partial charge is 0.439 e. The summed E-state index contributed by atoms with van der Waals surface area (Å²) in [5, 5.41) is 11.6. The zero-order valence-corrected chi connectivity index (χ0v) is 11.8. The predicted molar refractivity (Wildman–Crippen MR) is 75.7 cm³/mol. The van der Waals surface area contributed by atoms with Crippen molar-refractivity contribution in [3.05, 3.63) is 52.1 Å². The van der Waals surface area contributed by atoms with Crippen LogP contribution in [-0.4, -0.2) is 16.0 Å². The van der Waals surface area contributed by atoms with E-state index in [2.05, 4.69) is 26.1 Å². The average Bonchev–Trinajstić information content (AvgIpc) is 2.41. The van der Waals surface area contributed by atoms with E-state index in [0.29, 0.717) is 17.2 Å². The minimum Gasteiger partial charge on any atom is -0.439 e. The second-order valence-corrected chi connectivity index (χ2v) is 4.80. The highest BCUT2D eigenvalue weighted by Gasteiger charge is 2.06. The van der Waals surface area contributed by atoms with Crippen molar-refractivity contribution in [3.63, 3.8) is 0 Å². The van der Waals surface area contributed by atoms with Crippen molar-refractivity contribution in [2.45, 2.75) is 6.92 Å². The highest BCUT2D eigenvalue weighted by molar-refractivity contribution is 9.10. The molecule has 1 heterocycles. The number of nitrogens with two attached hydrogens (primary N) is 1. The first kappa shape index (κ1) is 13.4. The lowest BCUT2D eigenvalue weighted by Crippen LogP contribution is -2.13. The maximum atomic E-state index is 8.64. The van der Waals surface area contributed by atoms with Crippen LogP contribution in [0.5, 0.6) is 11.6 Å². The number of oxime groups is 1. The number of rotatable bonds is 3. The summed E-state index contributed by atoms with van der Waals surface area (Å²) < 4.78 is 6.66. The van der Waals surface area contributed by atoms with Crippen LogP contribution in [0, 0.1) is 6.92 Å². The van der Waals surface area contributed by atoms with Crippen molar-refractivity contribution < 1.29 is 9.94 Å². The van der Waals surface area contributed by atoms with E-state index in [9.17, 15) is 0 Å². The molecule has 3 N–H and O–H groups in total. The van der Waals surface area contributed by atoms with Gasteiger partial charge in [0, 0.05) is 22.3 Å². The lowest BCUT2D eigenvalue weighted by molar-refractivity contribution is 0.318. The molecule has 0 aliphatic carbocycles. The number of amidine groups is 1. The summed E-state index contributed by atoms with van der Waals surface area (Å²) in [5.74, 6) is 1.10. The molecule has 2 aromatic rings. The van der Waals surface area contributed by atoms with Gasteiger partial charge in [-0.2, -0.15) is 0 Å². The molecular formula is C13H12BrN3O2. The highest BCUT2D eigenvalue weighted by atomic mass is 79.9. The summed E-state index contributed by atoms with van der Waals surface area (Å²) in [5.41, 5.74) is 7.04. The molecule has 0 amide bonds. The Kier molecular flexibility index (Phi) is 4.01. The summed E-state index contributed by atoms with van der Waals surface area (Å²) in [4.78, 5) is 4.09. The van der Waals surface area contributed by atoms with Crippen LogP contribution in [0.25, 0.3) is 0 Å². The van der Waals surface area contributed by atoms with Gasteiger partial charge in [-0.15, -0.1) is 0 Å². The molecule has 0 unspecified atom stereocenters. The predicted octanol–water partition coefficient (Wildman–Crippen LogP) is 3.04. The number of benzene rings is 1. The summed E-state index contributed by atoms with van der Waals surface area (Å²) in [7, 11) is 0. The summed E-state index contributed by atoms with van der Waals surface area (Å²) in [6, 6.07) is 8.92. The SMILES string of the molecule is Cc1cc(Br)ccc1Oc1cc(C(N)=NO)ccn1. The molecule has 0 bridgehead atoms. The van der Waals surface area contributed by atoms with Gasteiger partial charge in [0.25, 0.3) is 0 Å². The Balaban J connectivity index is 2.28. The number of pyridine rings is 1. The van der Waals surface area contributed by atoms with Crippen LogP contribution in [0.4, 0.5) is 0 Å². The van der Waals surface area contributed by atoms with Crippen molar-refractivity contribution >= 4 is 21.8 Å². The fourth-order valence-electron chi connectivity index (χ4n) is 1.52. The van der Waals surface area contributed by atoms with Gasteiger partial charge in [0.1, 0.15) is 5.75 Å². The van der Waals surface area contributed by atoms with Crippen LogP contribution < -0.4 is 10.5 Å². The molecule has 0 aliphatic rings.